The zero-order chi connectivity index (χ0) is 17.7. The van der Waals surface area contributed by atoms with Gasteiger partial charge in [0.1, 0.15) is 5.00 Å². The number of anilines is 2. The van der Waals surface area contributed by atoms with Crippen LogP contribution in [0.5, 0.6) is 0 Å². The summed E-state index contributed by atoms with van der Waals surface area (Å²) in [5.74, 6) is -0.802. The fourth-order valence-corrected chi connectivity index (χ4v) is 3.42. The number of esters is 1. The highest BCUT2D eigenvalue weighted by molar-refractivity contribution is 9.10. The summed E-state index contributed by atoms with van der Waals surface area (Å²) in [6, 6.07) is 7.58. The van der Waals surface area contributed by atoms with Crippen molar-refractivity contribution in [3.8, 4) is 0 Å². The summed E-state index contributed by atoms with van der Waals surface area (Å²) >= 11 is 4.46. The van der Waals surface area contributed by atoms with Gasteiger partial charge in [-0.25, -0.2) is 4.79 Å². The van der Waals surface area contributed by atoms with Gasteiger partial charge in [-0.15, -0.1) is 11.3 Å². The Bertz CT molecular complexity index is 744. The van der Waals surface area contributed by atoms with Crippen molar-refractivity contribution in [2.75, 3.05) is 24.7 Å². The number of carbonyl (C=O) groups is 2. The van der Waals surface area contributed by atoms with Crippen LogP contribution in [0.4, 0.5) is 10.7 Å². The van der Waals surface area contributed by atoms with E-state index in [1.54, 1.807) is 6.92 Å². The van der Waals surface area contributed by atoms with Crippen molar-refractivity contribution in [1.82, 2.24) is 5.32 Å². The van der Waals surface area contributed by atoms with Gasteiger partial charge in [-0.05, 0) is 31.2 Å². The number of ether oxygens (including phenoxy) is 1. The summed E-state index contributed by atoms with van der Waals surface area (Å²) in [5.41, 5.74) is 7.61. The Morgan fingerprint density at radius 3 is 2.54 bits per heavy atom. The third-order valence-corrected chi connectivity index (χ3v) is 4.85. The van der Waals surface area contributed by atoms with Gasteiger partial charge in [0.25, 0.3) is 5.91 Å². The maximum atomic E-state index is 12.2. The first kappa shape index (κ1) is 18.3. The Balaban J connectivity index is 2.35. The average Bonchev–Trinajstić information content (AvgIpc) is 2.90. The van der Waals surface area contributed by atoms with E-state index < -0.39 is 5.97 Å². The van der Waals surface area contributed by atoms with E-state index in [2.05, 4.69) is 26.6 Å². The normalized spacial score (nSPS) is 10.3. The summed E-state index contributed by atoms with van der Waals surface area (Å²) in [5, 5.41) is 6.05. The molecule has 0 aliphatic heterocycles. The molecule has 1 aromatic heterocycles. The van der Waals surface area contributed by atoms with E-state index in [0.717, 1.165) is 21.5 Å². The predicted molar refractivity (Wildman–Crippen MR) is 99.5 cm³/mol. The van der Waals surface area contributed by atoms with Crippen molar-refractivity contribution in [3.05, 3.63) is 44.7 Å². The van der Waals surface area contributed by atoms with Crippen molar-refractivity contribution in [2.45, 2.75) is 13.5 Å². The molecule has 2 rings (SSSR count). The molecule has 1 amide bonds. The number of carbonyl (C=O) groups excluding carboxylic acids is 2. The molecule has 4 N–H and O–H groups in total. The highest BCUT2D eigenvalue weighted by atomic mass is 79.9. The van der Waals surface area contributed by atoms with E-state index in [1.165, 1.54) is 7.05 Å². The Morgan fingerprint density at radius 1 is 1.29 bits per heavy atom. The minimum absolute atomic E-state index is 0.239. The van der Waals surface area contributed by atoms with Crippen molar-refractivity contribution in [2.24, 2.45) is 0 Å². The lowest BCUT2D eigenvalue weighted by Crippen LogP contribution is -2.20. The molecule has 0 fully saturated rings. The van der Waals surface area contributed by atoms with Crippen LogP contribution < -0.4 is 16.4 Å². The Kier molecular flexibility index (Phi) is 6.22. The molecule has 0 aliphatic rings. The number of benzene rings is 1. The van der Waals surface area contributed by atoms with Crippen LogP contribution in [0.25, 0.3) is 0 Å². The first-order valence-corrected chi connectivity index (χ1v) is 8.88. The number of nitrogen functional groups attached to an aromatic ring is 1. The van der Waals surface area contributed by atoms with E-state index in [4.69, 9.17) is 10.5 Å². The second-order valence-electron chi connectivity index (χ2n) is 4.81. The van der Waals surface area contributed by atoms with Gasteiger partial charge in [0.2, 0.25) is 0 Å². The number of hydrogen-bond acceptors (Lipinski definition) is 6. The van der Waals surface area contributed by atoms with E-state index in [-0.39, 0.29) is 29.6 Å². The van der Waals surface area contributed by atoms with Crippen LogP contribution in [-0.2, 0) is 11.3 Å². The van der Waals surface area contributed by atoms with Gasteiger partial charge in [0.05, 0.1) is 17.0 Å². The second kappa shape index (κ2) is 8.16. The Labute approximate surface area is 152 Å². The van der Waals surface area contributed by atoms with Crippen molar-refractivity contribution in [3.63, 3.8) is 0 Å². The van der Waals surface area contributed by atoms with Gasteiger partial charge in [0.15, 0.2) is 0 Å². The van der Waals surface area contributed by atoms with Gasteiger partial charge < -0.3 is 21.1 Å². The first-order valence-electron chi connectivity index (χ1n) is 7.27. The standard InChI is InChI=1S/C16H18BrN3O3S/c1-3-23-16(22)12-11(13(15(21)19-2)24-14(12)18)8-20-10-6-4-9(17)5-7-10/h4-7,20H,3,8,18H2,1-2H3,(H,19,21). The largest absolute Gasteiger partial charge is 0.462 e. The van der Waals surface area contributed by atoms with E-state index in [0.29, 0.717) is 10.4 Å². The molecule has 128 valence electrons. The van der Waals surface area contributed by atoms with Gasteiger partial charge in [-0.1, -0.05) is 15.9 Å². The number of amides is 1. The molecule has 0 spiro atoms. The summed E-state index contributed by atoms with van der Waals surface area (Å²) in [6.45, 7) is 2.25. The lowest BCUT2D eigenvalue weighted by atomic mass is 10.1. The molecule has 2 aromatic rings. The predicted octanol–water partition coefficient (Wildman–Crippen LogP) is 3.24. The number of halogens is 1. The summed E-state index contributed by atoms with van der Waals surface area (Å²) < 4.78 is 6.03. The van der Waals surface area contributed by atoms with Gasteiger partial charge in [-0.2, -0.15) is 0 Å². The highest BCUT2D eigenvalue weighted by Gasteiger charge is 2.26. The fraction of sp³-hybridized carbons (Fsp3) is 0.250. The number of hydrogen-bond donors (Lipinski definition) is 3. The number of thiophene rings is 1. The van der Waals surface area contributed by atoms with Crippen LogP contribution in [0.1, 0.15) is 32.5 Å². The molecular weight excluding hydrogens is 394 g/mol. The second-order valence-corrected chi connectivity index (χ2v) is 6.78. The molecule has 0 radical (unpaired) electrons. The van der Waals surface area contributed by atoms with Crippen LogP contribution in [0.15, 0.2) is 28.7 Å². The quantitative estimate of drug-likeness (QED) is 0.634. The Morgan fingerprint density at radius 2 is 1.96 bits per heavy atom. The molecule has 0 atom stereocenters. The average molecular weight is 412 g/mol. The molecule has 6 nitrogen and oxygen atoms in total. The van der Waals surface area contributed by atoms with Crippen molar-refractivity contribution in [1.29, 1.82) is 0 Å². The SMILES string of the molecule is CCOC(=O)c1c(N)sc(C(=O)NC)c1CNc1ccc(Br)cc1. The van der Waals surface area contributed by atoms with Crippen LogP contribution in [-0.4, -0.2) is 25.5 Å². The number of rotatable bonds is 6. The molecule has 0 aliphatic carbocycles. The molecule has 0 unspecified atom stereocenters. The van der Waals surface area contributed by atoms with Crippen LogP contribution in [0, 0.1) is 0 Å². The highest BCUT2D eigenvalue weighted by Crippen LogP contribution is 2.32. The monoisotopic (exact) mass is 411 g/mol. The smallest absolute Gasteiger partial charge is 0.341 e. The topological polar surface area (TPSA) is 93.5 Å². The number of nitrogens with one attached hydrogen (secondary N) is 2. The van der Waals surface area contributed by atoms with E-state index in [1.807, 2.05) is 24.3 Å². The molecule has 0 saturated carbocycles. The third-order valence-electron chi connectivity index (χ3n) is 3.26. The zero-order valence-electron chi connectivity index (χ0n) is 13.3. The minimum atomic E-state index is -0.519. The molecule has 1 aromatic carbocycles. The molecule has 24 heavy (non-hydrogen) atoms. The lowest BCUT2D eigenvalue weighted by molar-refractivity contribution is 0.0527. The lowest BCUT2D eigenvalue weighted by Gasteiger charge is -2.10. The fourth-order valence-electron chi connectivity index (χ4n) is 2.14. The number of nitrogens with two attached hydrogens (primary N) is 1. The molecule has 0 saturated heterocycles. The van der Waals surface area contributed by atoms with Crippen molar-refractivity contribution < 1.29 is 14.3 Å². The summed E-state index contributed by atoms with van der Waals surface area (Å²) in [7, 11) is 1.54. The van der Waals surface area contributed by atoms with Crippen LogP contribution >= 0.6 is 27.3 Å². The van der Waals surface area contributed by atoms with Crippen molar-refractivity contribution >= 4 is 49.8 Å². The molecule has 1 heterocycles. The maximum Gasteiger partial charge on any atom is 0.341 e. The van der Waals surface area contributed by atoms with E-state index >= 15 is 0 Å². The summed E-state index contributed by atoms with van der Waals surface area (Å²) in [4.78, 5) is 24.7. The van der Waals surface area contributed by atoms with Crippen LogP contribution in [0.3, 0.4) is 0 Å². The molecule has 8 heteroatoms. The zero-order valence-corrected chi connectivity index (χ0v) is 15.7. The minimum Gasteiger partial charge on any atom is -0.462 e. The molecular formula is C16H18BrN3O3S. The van der Waals surface area contributed by atoms with E-state index in [9.17, 15) is 9.59 Å². The maximum absolute atomic E-state index is 12.2. The molecule has 0 bridgehead atoms. The third kappa shape index (κ3) is 4.07. The van der Waals surface area contributed by atoms with Gasteiger partial charge >= 0.3 is 5.97 Å². The van der Waals surface area contributed by atoms with Gasteiger partial charge in [-0.3, -0.25) is 4.79 Å². The van der Waals surface area contributed by atoms with Crippen LogP contribution in [0.2, 0.25) is 0 Å². The summed E-state index contributed by atoms with van der Waals surface area (Å²) in [6.07, 6.45) is 0. The Hall–Kier alpha value is -2.06. The first-order chi connectivity index (χ1) is 11.5. The van der Waals surface area contributed by atoms with Gasteiger partial charge in [0, 0.05) is 29.3 Å².